The Balaban J connectivity index is 2.06. The average Bonchev–Trinajstić information content (AvgIpc) is 2.69. The molecular weight excluding hydrogens is 298 g/mol. The third-order valence-electron chi connectivity index (χ3n) is 3.79. The monoisotopic (exact) mass is 308 g/mol. The van der Waals surface area contributed by atoms with Crippen LogP contribution < -0.4 is 5.32 Å². The van der Waals surface area contributed by atoms with Gasteiger partial charge in [-0.05, 0) is 25.0 Å². The number of hydrogen-bond donors (Lipinski definition) is 1. The van der Waals surface area contributed by atoms with Crippen LogP contribution in [-0.4, -0.2) is 34.6 Å². The Morgan fingerprint density at radius 2 is 1.82 bits per heavy atom. The smallest absolute Gasteiger partial charge is 0.265 e. The number of carbonyl (C=O) groups is 4. The minimum absolute atomic E-state index is 0.0420. The molecule has 0 bridgehead atoms. The highest BCUT2D eigenvalue weighted by molar-refractivity contribution is 6.23. The molecule has 114 valence electrons. The van der Waals surface area contributed by atoms with Crippen molar-refractivity contribution in [2.75, 3.05) is 0 Å². The number of carbonyl (C=O) groups excluding carboxylic acids is 4. The molecule has 1 atom stereocenters. The van der Waals surface area contributed by atoms with Gasteiger partial charge in [-0.25, -0.2) is 8.78 Å². The molecular formula is C14H10F2N2O4. The highest BCUT2D eigenvalue weighted by Crippen LogP contribution is 2.31. The number of halogens is 2. The van der Waals surface area contributed by atoms with Crippen molar-refractivity contribution in [2.24, 2.45) is 0 Å². The van der Waals surface area contributed by atoms with Gasteiger partial charge in [0.1, 0.15) is 6.04 Å². The Morgan fingerprint density at radius 1 is 1.14 bits per heavy atom. The van der Waals surface area contributed by atoms with Gasteiger partial charge in [-0.15, -0.1) is 0 Å². The standard InChI is InChI=1S/C14H10F2N2O4/c1-5-4-6-9(11(16)10(5)15)14(22)18(13(6)21)7-2-3-8(19)17-12(7)20/h4,7H,2-3H2,1H3,(H,17,19,20)/t7-/m0/s1. The van der Waals surface area contributed by atoms with Crippen molar-refractivity contribution in [1.82, 2.24) is 10.2 Å². The molecule has 0 saturated carbocycles. The van der Waals surface area contributed by atoms with Crippen LogP contribution >= 0.6 is 0 Å². The Hall–Kier alpha value is -2.64. The number of piperidine rings is 1. The van der Waals surface area contributed by atoms with Gasteiger partial charge in [0.25, 0.3) is 11.8 Å². The fourth-order valence-electron chi connectivity index (χ4n) is 2.68. The maximum atomic E-state index is 14.0. The van der Waals surface area contributed by atoms with Gasteiger partial charge >= 0.3 is 0 Å². The van der Waals surface area contributed by atoms with Crippen molar-refractivity contribution in [3.05, 3.63) is 34.4 Å². The Bertz CT molecular complexity index is 760. The molecule has 6 nitrogen and oxygen atoms in total. The number of nitrogens with one attached hydrogen (secondary N) is 1. The van der Waals surface area contributed by atoms with E-state index in [1.807, 2.05) is 5.32 Å². The molecule has 1 aromatic rings. The minimum Gasteiger partial charge on any atom is -0.295 e. The summed E-state index contributed by atoms with van der Waals surface area (Å²) >= 11 is 0. The zero-order valence-electron chi connectivity index (χ0n) is 11.4. The topological polar surface area (TPSA) is 83.6 Å². The number of nitrogens with zero attached hydrogens (tertiary/aromatic N) is 1. The summed E-state index contributed by atoms with van der Waals surface area (Å²) in [4.78, 5) is 48.1. The van der Waals surface area contributed by atoms with E-state index in [1.54, 1.807) is 0 Å². The lowest BCUT2D eigenvalue weighted by Gasteiger charge is -2.27. The van der Waals surface area contributed by atoms with E-state index in [2.05, 4.69) is 0 Å². The summed E-state index contributed by atoms with van der Waals surface area (Å²) in [7, 11) is 0. The molecule has 2 aliphatic rings. The number of fused-ring (bicyclic) bond motifs is 1. The summed E-state index contributed by atoms with van der Waals surface area (Å²) in [5.74, 6) is -5.84. The second-order valence-corrected chi connectivity index (χ2v) is 5.19. The molecule has 0 radical (unpaired) electrons. The Kier molecular flexibility index (Phi) is 3.05. The van der Waals surface area contributed by atoms with Crippen LogP contribution in [0.5, 0.6) is 0 Å². The van der Waals surface area contributed by atoms with E-state index in [-0.39, 0.29) is 24.0 Å². The quantitative estimate of drug-likeness (QED) is 0.773. The first-order valence-electron chi connectivity index (χ1n) is 6.53. The lowest BCUT2D eigenvalue weighted by atomic mass is 10.0. The maximum absolute atomic E-state index is 14.0. The van der Waals surface area contributed by atoms with Crippen molar-refractivity contribution in [3.63, 3.8) is 0 Å². The second-order valence-electron chi connectivity index (χ2n) is 5.19. The van der Waals surface area contributed by atoms with Gasteiger partial charge in [0.2, 0.25) is 11.8 Å². The third-order valence-corrected chi connectivity index (χ3v) is 3.79. The predicted molar refractivity (Wildman–Crippen MR) is 67.8 cm³/mol. The normalized spacial score (nSPS) is 21.2. The van der Waals surface area contributed by atoms with Crippen molar-refractivity contribution in [2.45, 2.75) is 25.8 Å². The number of rotatable bonds is 1. The summed E-state index contributed by atoms with van der Waals surface area (Å²) < 4.78 is 27.6. The molecule has 2 heterocycles. The lowest BCUT2D eigenvalue weighted by molar-refractivity contribution is -0.136. The molecule has 0 unspecified atom stereocenters. The van der Waals surface area contributed by atoms with Crippen LogP contribution in [0.1, 0.15) is 39.1 Å². The molecule has 1 aromatic carbocycles. The number of hydrogen-bond acceptors (Lipinski definition) is 4. The van der Waals surface area contributed by atoms with Crippen LogP contribution in [0, 0.1) is 18.6 Å². The van der Waals surface area contributed by atoms with E-state index in [4.69, 9.17) is 0 Å². The molecule has 0 aliphatic carbocycles. The zero-order chi connectivity index (χ0) is 16.2. The van der Waals surface area contributed by atoms with E-state index in [0.29, 0.717) is 4.90 Å². The lowest BCUT2D eigenvalue weighted by Crippen LogP contribution is -2.54. The summed E-state index contributed by atoms with van der Waals surface area (Å²) in [6, 6.07) is -0.118. The van der Waals surface area contributed by atoms with E-state index in [0.717, 1.165) is 6.07 Å². The van der Waals surface area contributed by atoms with Gasteiger partial charge in [0.15, 0.2) is 11.6 Å². The van der Waals surface area contributed by atoms with Crippen molar-refractivity contribution >= 4 is 23.6 Å². The van der Waals surface area contributed by atoms with Gasteiger partial charge < -0.3 is 0 Å². The Morgan fingerprint density at radius 3 is 2.45 bits per heavy atom. The first-order chi connectivity index (χ1) is 10.3. The van der Waals surface area contributed by atoms with Crippen molar-refractivity contribution in [3.8, 4) is 0 Å². The van der Waals surface area contributed by atoms with Gasteiger partial charge in [-0.2, -0.15) is 0 Å². The predicted octanol–water partition coefficient (Wildman–Crippen LogP) is 0.674. The number of amides is 4. The highest BCUT2D eigenvalue weighted by Gasteiger charge is 2.46. The largest absolute Gasteiger partial charge is 0.295 e. The minimum atomic E-state index is -1.40. The summed E-state index contributed by atoms with van der Waals surface area (Å²) in [6.07, 6.45) is -0.0844. The van der Waals surface area contributed by atoms with Gasteiger partial charge in [0, 0.05) is 6.42 Å². The third kappa shape index (κ3) is 1.83. The molecule has 22 heavy (non-hydrogen) atoms. The molecule has 2 aliphatic heterocycles. The van der Waals surface area contributed by atoms with Crippen molar-refractivity contribution < 1.29 is 28.0 Å². The first kappa shape index (κ1) is 14.3. The maximum Gasteiger partial charge on any atom is 0.265 e. The molecule has 0 aromatic heterocycles. The number of imide groups is 2. The molecule has 0 spiro atoms. The van der Waals surface area contributed by atoms with Gasteiger partial charge in [-0.3, -0.25) is 29.4 Å². The highest BCUT2D eigenvalue weighted by atomic mass is 19.2. The van der Waals surface area contributed by atoms with Gasteiger partial charge in [-0.1, -0.05) is 0 Å². The summed E-state index contributed by atoms with van der Waals surface area (Å²) in [5.41, 5.74) is -1.05. The SMILES string of the molecule is Cc1cc2c(c(F)c1F)C(=O)N([C@H]1CCC(=O)NC1=O)C2=O. The van der Waals surface area contributed by atoms with Crippen LogP contribution in [0.3, 0.4) is 0 Å². The molecule has 8 heteroatoms. The Labute approximate surface area is 123 Å². The van der Waals surface area contributed by atoms with Crippen LogP contribution in [0.2, 0.25) is 0 Å². The number of benzene rings is 1. The van der Waals surface area contributed by atoms with Crippen LogP contribution in [0.25, 0.3) is 0 Å². The van der Waals surface area contributed by atoms with E-state index >= 15 is 0 Å². The second kappa shape index (κ2) is 4.69. The van der Waals surface area contributed by atoms with E-state index in [1.165, 1.54) is 6.92 Å². The van der Waals surface area contributed by atoms with Crippen molar-refractivity contribution in [1.29, 1.82) is 0 Å². The van der Waals surface area contributed by atoms with Crippen LogP contribution in [0.15, 0.2) is 6.07 Å². The van der Waals surface area contributed by atoms with Crippen LogP contribution in [-0.2, 0) is 9.59 Å². The van der Waals surface area contributed by atoms with E-state index < -0.39 is 46.9 Å². The summed E-state index contributed by atoms with van der Waals surface area (Å²) in [6.45, 7) is 1.27. The van der Waals surface area contributed by atoms with Crippen LogP contribution in [0.4, 0.5) is 8.78 Å². The number of aryl methyl sites for hydroxylation is 1. The van der Waals surface area contributed by atoms with E-state index in [9.17, 15) is 28.0 Å². The molecule has 1 saturated heterocycles. The zero-order valence-corrected chi connectivity index (χ0v) is 11.4. The van der Waals surface area contributed by atoms with Gasteiger partial charge in [0.05, 0.1) is 11.1 Å². The molecule has 3 rings (SSSR count). The molecule has 4 amide bonds. The molecule has 1 N–H and O–H groups in total. The average molecular weight is 308 g/mol. The fraction of sp³-hybridized carbons (Fsp3) is 0.286. The fourth-order valence-corrected chi connectivity index (χ4v) is 2.68. The summed E-state index contributed by atoms with van der Waals surface area (Å²) in [5, 5.41) is 2.02. The molecule has 1 fully saturated rings. The first-order valence-corrected chi connectivity index (χ1v) is 6.53.